The Bertz CT molecular complexity index is 741. The van der Waals surface area contributed by atoms with Gasteiger partial charge in [0.1, 0.15) is 18.7 Å². The van der Waals surface area contributed by atoms with Gasteiger partial charge in [0, 0.05) is 0 Å². The van der Waals surface area contributed by atoms with Gasteiger partial charge in [0.2, 0.25) is 17.7 Å². The van der Waals surface area contributed by atoms with Crippen molar-refractivity contribution in [2.75, 3.05) is 13.1 Å². The first-order valence-electron chi connectivity index (χ1n) is 10.8. The molecule has 0 saturated heterocycles. The van der Waals surface area contributed by atoms with E-state index < -0.39 is 35.9 Å². The van der Waals surface area contributed by atoms with Crippen molar-refractivity contribution in [2.24, 2.45) is 17.4 Å². The third-order valence-electron chi connectivity index (χ3n) is 4.58. The summed E-state index contributed by atoms with van der Waals surface area (Å²) in [6.45, 7) is 3.97. The van der Waals surface area contributed by atoms with E-state index in [2.05, 4.69) is 16.0 Å². The SMILES string of the molecule is CC(C)C[C@H](NC(=O)CNC(=O)[C@H](CCCCN)NC(=O)OCc1ccccc1)C(N)=O. The van der Waals surface area contributed by atoms with E-state index in [4.69, 9.17) is 16.2 Å². The highest BCUT2D eigenvalue weighted by molar-refractivity contribution is 5.91. The quantitative estimate of drug-likeness (QED) is 0.260. The molecule has 178 valence electrons. The van der Waals surface area contributed by atoms with Crippen LogP contribution in [0.2, 0.25) is 0 Å². The Labute approximate surface area is 188 Å². The summed E-state index contributed by atoms with van der Waals surface area (Å²) in [5, 5.41) is 7.53. The lowest BCUT2D eigenvalue weighted by molar-refractivity contribution is -0.129. The lowest BCUT2D eigenvalue weighted by Crippen LogP contribution is -2.51. The van der Waals surface area contributed by atoms with Crippen LogP contribution in [0.25, 0.3) is 0 Å². The van der Waals surface area contributed by atoms with Crippen molar-refractivity contribution in [3.05, 3.63) is 35.9 Å². The fraction of sp³-hybridized carbons (Fsp3) is 0.545. The number of primary amides is 1. The highest BCUT2D eigenvalue weighted by Crippen LogP contribution is 2.05. The van der Waals surface area contributed by atoms with E-state index in [1.165, 1.54) is 0 Å². The zero-order chi connectivity index (χ0) is 23.9. The number of amides is 4. The first-order chi connectivity index (χ1) is 15.2. The van der Waals surface area contributed by atoms with Crippen LogP contribution in [0.3, 0.4) is 0 Å². The van der Waals surface area contributed by atoms with E-state index >= 15 is 0 Å². The first-order valence-corrected chi connectivity index (χ1v) is 10.8. The van der Waals surface area contributed by atoms with E-state index in [0.29, 0.717) is 32.2 Å². The third kappa shape index (κ3) is 11.3. The molecule has 0 radical (unpaired) electrons. The molecule has 10 nitrogen and oxygen atoms in total. The van der Waals surface area contributed by atoms with Crippen LogP contribution in [0.15, 0.2) is 30.3 Å². The number of nitrogens with one attached hydrogen (secondary N) is 3. The van der Waals surface area contributed by atoms with Gasteiger partial charge in [0.15, 0.2) is 0 Å². The number of benzene rings is 1. The number of carbonyl (C=O) groups is 4. The van der Waals surface area contributed by atoms with Crippen molar-refractivity contribution in [2.45, 2.75) is 58.2 Å². The van der Waals surface area contributed by atoms with Crippen molar-refractivity contribution >= 4 is 23.8 Å². The summed E-state index contributed by atoms with van der Waals surface area (Å²) in [5.41, 5.74) is 11.6. The molecular formula is C22H35N5O5. The summed E-state index contributed by atoms with van der Waals surface area (Å²) >= 11 is 0. The van der Waals surface area contributed by atoms with Crippen molar-refractivity contribution in [1.29, 1.82) is 0 Å². The van der Waals surface area contributed by atoms with Crippen LogP contribution in [0.1, 0.15) is 45.1 Å². The predicted octanol–water partition coefficient (Wildman–Crippen LogP) is 0.543. The van der Waals surface area contributed by atoms with Gasteiger partial charge in [-0.2, -0.15) is 0 Å². The number of carbonyl (C=O) groups excluding carboxylic acids is 4. The van der Waals surface area contributed by atoms with Crippen LogP contribution in [-0.4, -0.2) is 49.0 Å². The molecule has 10 heteroatoms. The summed E-state index contributed by atoms with van der Waals surface area (Å²) < 4.78 is 5.17. The highest BCUT2D eigenvalue weighted by atomic mass is 16.5. The van der Waals surface area contributed by atoms with Gasteiger partial charge in [0.05, 0.1) is 6.54 Å². The molecule has 0 saturated carbocycles. The molecule has 0 fully saturated rings. The zero-order valence-corrected chi connectivity index (χ0v) is 18.8. The van der Waals surface area contributed by atoms with Crippen molar-refractivity contribution in [3.63, 3.8) is 0 Å². The molecular weight excluding hydrogens is 414 g/mol. The average Bonchev–Trinajstić information content (AvgIpc) is 2.75. The molecule has 0 aliphatic rings. The molecule has 0 aliphatic heterocycles. The van der Waals surface area contributed by atoms with E-state index in [9.17, 15) is 19.2 Å². The molecule has 1 aromatic rings. The number of rotatable bonds is 14. The highest BCUT2D eigenvalue weighted by Gasteiger charge is 2.23. The van der Waals surface area contributed by atoms with E-state index in [1.54, 1.807) is 0 Å². The largest absolute Gasteiger partial charge is 0.445 e. The average molecular weight is 450 g/mol. The van der Waals surface area contributed by atoms with Crippen LogP contribution in [-0.2, 0) is 25.7 Å². The number of nitrogens with two attached hydrogens (primary N) is 2. The lowest BCUT2D eigenvalue weighted by atomic mass is 10.0. The third-order valence-corrected chi connectivity index (χ3v) is 4.58. The topological polar surface area (TPSA) is 166 Å². The summed E-state index contributed by atoms with van der Waals surface area (Å²) in [5.74, 6) is -1.57. The van der Waals surface area contributed by atoms with E-state index in [1.807, 2.05) is 44.2 Å². The van der Waals surface area contributed by atoms with E-state index in [-0.39, 0.29) is 19.1 Å². The molecule has 0 spiro atoms. The molecule has 1 rings (SSSR count). The second kappa shape index (κ2) is 14.8. The Morgan fingerprint density at radius 3 is 2.28 bits per heavy atom. The van der Waals surface area contributed by atoms with E-state index in [0.717, 1.165) is 5.56 Å². The van der Waals surface area contributed by atoms with Crippen molar-refractivity contribution in [3.8, 4) is 0 Å². The number of hydrogen-bond donors (Lipinski definition) is 5. The van der Waals surface area contributed by atoms with Gasteiger partial charge in [-0.05, 0) is 43.7 Å². The first kappa shape index (κ1) is 26.9. The van der Waals surface area contributed by atoms with Crippen molar-refractivity contribution < 1.29 is 23.9 Å². The molecule has 0 unspecified atom stereocenters. The molecule has 7 N–H and O–H groups in total. The van der Waals surface area contributed by atoms with Crippen LogP contribution < -0.4 is 27.4 Å². The van der Waals surface area contributed by atoms with Gasteiger partial charge in [-0.3, -0.25) is 14.4 Å². The fourth-order valence-electron chi connectivity index (χ4n) is 2.92. The second-order valence-corrected chi connectivity index (χ2v) is 7.91. The maximum absolute atomic E-state index is 12.6. The summed E-state index contributed by atoms with van der Waals surface area (Å²) in [7, 11) is 0. The zero-order valence-electron chi connectivity index (χ0n) is 18.8. The van der Waals surface area contributed by atoms with Crippen LogP contribution >= 0.6 is 0 Å². The van der Waals surface area contributed by atoms with Gasteiger partial charge < -0.3 is 32.2 Å². The Morgan fingerprint density at radius 2 is 1.69 bits per heavy atom. The smallest absolute Gasteiger partial charge is 0.408 e. The van der Waals surface area contributed by atoms with Gasteiger partial charge >= 0.3 is 6.09 Å². The van der Waals surface area contributed by atoms with Gasteiger partial charge in [-0.25, -0.2) is 4.79 Å². The Morgan fingerprint density at radius 1 is 1.00 bits per heavy atom. The number of hydrogen-bond acceptors (Lipinski definition) is 6. The van der Waals surface area contributed by atoms with Crippen molar-refractivity contribution in [1.82, 2.24) is 16.0 Å². The fourth-order valence-corrected chi connectivity index (χ4v) is 2.92. The Balaban J connectivity index is 2.58. The molecule has 0 aliphatic carbocycles. The van der Waals surface area contributed by atoms with Gasteiger partial charge in [-0.1, -0.05) is 44.2 Å². The Kier molecular flexibility index (Phi) is 12.4. The Hall–Kier alpha value is -3.14. The molecule has 2 atom stereocenters. The minimum Gasteiger partial charge on any atom is -0.445 e. The molecule has 4 amide bonds. The molecule has 0 bridgehead atoms. The number of alkyl carbamates (subject to hydrolysis) is 1. The number of ether oxygens (including phenoxy) is 1. The second-order valence-electron chi connectivity index (χ2n) is 7.91. The molecule has 1 aromatic carbocycles. The minimum atomic E-state index is -0.889. The summed E-state index contributed by atoms with van der Waals surface area (Å²) in [4.78, 5) is 48.4. The number of unbranched alkanes of at least 4 members (excludes halogenated alkanes) is 1. The monoisotopic (exact) mass is 449 g/mol. The molecule has 0 aromatic heterocycles. The predicted molar refractivity (Wildman–Crippen MR) is 120 cm³/mol. The maximum Gasteiger partial charge on any atom is 0.408 e. The summed E-state index contributed by atoms with van der Waals surface area (Å²) in [6, 6.07) is 7.44. The van der Waals surface area contributed by atoms with Crippen LogP contribution in [0.4, 0.5) is 4.79 Å². The molecule has 0 heterocycles. The minimum absolute atomic E-state index is 0.0660. The van der Waals surface area contributed by atoms with Gasteiger partial charge in [-0.15, -0.1) is 0 Å². The maximum atomic E-state index is 12.6. The van der Waals surface area contributed by atoms with Crippen LogP contribution in [0.5, 0.6) is 0 Å². The van der Waals surface area contributed by atoms with Gasteiger partial charge in [0.25, 0.3) is 0 Å². The standard InChI is InChI=1S/C22H35N5O5/c1-15(2)12-18(20(24)29)26-19(28)13-25-21(30)17(10-6-7-11-23)27-22(31)32-14-16-8-4-3-5-9-16/h3-5,8-9,15,17-18H,6-7,10-14,23H2,1-2H3,(H2,24,29)(H,25,30)(H,26,28)(H,27,31)/t17-,18-/m0/s1. The van der Waals surface area contributed by atoms with Crippen LogP contribution in [0, 0.1) is 5.92 Å². The molecule has 32 heavy (non-hydrogen) atoms. The lowest BCUT2D eigenvalue weighted by Gasteiger charge is -2.20. The summed E-state index contributed by atoms with van der Waals surface area (Å²) in [6.07, 6.45) is 1.28. The normalized spacial score (nSPS) is 12.5.